The van der Waals surface area contributed by atoms with Gasteiger partial charge in [0.15, 0.2) is 0 Å². The first kappa shape index (κ1) is 17.8. The second kappa shape index (κ2) is 10.3. The highest BCUT2D eigenvalue weighted by atomic mass is 16.5. The predicted molar refractivity (Wildman–Crippen MR) is 96.0 cm³/mol. The Balaban J connectivity index is 1.54. The van der Waals surface area contributed by atoms with E-state index in [1.807, 2.05) is 6.08 Å². The topological polar surface area (TPSA) is 9.23 Å². The van der Waals surface area contributed by atoms with E-state index in [2.05, 4.69) is 25.7 Å². The molecule has 2 fully saturated rings. The van der Waals surface area contributed by atoms with Gasteiger partial charge >= 0.3 is 0 Å². The molecule has 2 saturated carbocycles. The molecule has 0 atom stereocenters. The average Bonchev–Trinajstić information content (AvgIpc) is 2.56. The Morgan fingerprint density at radius 3 is 1.95 bits per heavy atom. The lowest BCUT2D eigenvalue weighted by molar-refractivity contribution is 0.0937. The van der Waals surface area contributed by atoms with Crippen molar-refractivity contribution in [2.45, 2.75) is 71.1 Å². The normalized spacial score (nSPS) is 33.1. The summed E-state index contributed by atoms with van der Waals surface area (Å²) in [4.78, 5) is 0. The Labute approximate surface area is 138 Å². The highest BCUT2D eigenvalue weighted by molar-refractivity contribution is 4.89. The summed E-state index contributed by atoms with van der Waals surface area (Å²) in [6.45, 7) is 7.54. The minimum Gasteiger partial charge on any atom is -0.377 e. The first-order valence-corrected chi connectivity index (χ1v) is 9.63. The van der Waals surface area contributed by atoms with Crippen LogP contribution < -0.4 is 0 Å². The molecule has 0 heterocycles. The molecule has 0 aliphatic heterocycles. The fourth-order valence-electron chi connectivity index (χ4n) is 4.42. The van der Waals surface area contributed by atoms with Crippen molar-refractivity contribution >= 4 is 0 Å². The van der Waals surface area contributed by atoms with E-state index >= 15 is 0 Å². The molecule has 0 aromatic heterocycles. The Morgan fingerprint density at radius 1 is 0.864 bits per heavy atom. The van der Waals surface area contributed by atoms with Crippen LogP contribution in [-0.4, -0.2) is 13.2 Å². The largest absolute Gasteiger partial charge is 0.377 e. The molecule has 2 rings (SSSR count). The molecule has 0 N–H and O–H groups in total. The third-order valence-electron chi connectivity index (χ3n) is 5.89. The molecule has 1 heteroatoms. The van der Waals surface area contributed by atoms with Gasteiger partial charge in [0.05, 0.1) is 6.61 Å². The lowest BCUT2D eigenvalue weighted by atomic mass is 9.75. The monoisotopic (exact) mass is 304 g/mol. The van der Waals surface area contributed by atoms with Gasteiger partial charge in [0.2, 0.25) is 0 Å². The van der Waals surface area contributed by atoms with E-state index in [4.69, 9.17) is 4.74 Å². The zero-order valence-corrected chi connectivity index (χ0v) is 14.6. The van der Waals surface area contributed by atoms with Crippen LogP contribution in [-0.2, 0) is 4.74 Å². The van der Waals surface area contributed by atoms with Crippen LogP contribution in [0.5, 0.6) is 0 Å². The van der Waals surface area contributed by atoms with Gasteiger partial charge in [0, 0.05) is 6.61 Å². The van der Waals surface area contributed by atoms with Crippen LogP contribution in [0.3, 0.4) is 0 Å². The molecule has 2 aliphatic rings. The van der Waals surface area contributed by atoms with E-state index in [9.17, 15) is 0 Å². The van der Waals surface area contributed by atoms with Gasteiger partial charge in [-0.1, -0.05) is 43.9 Å². The van der Waals surface area contributed by atoms with E-state index in [1.54, 1.807) is 0 Å². The van der Waals surface area contributed by atoms with Crippen LogP contribution in [0, 0.1) is 23.7 Å². The Kier molecular flexibility index (Phi) is 8.30. The molecule has 0 bridgehead atoms. The van der Waals surface area contributed by atoms with Gasteiger partial charge in [-0.2, -0.15) is 0 Å². The van der Waals surface area contributed by atoms with Gasteiger partial charge in [-0.15, -0.1) is 6.58 Å². The minimum atomic E-state index is 0.718. The van der Waals surface area contributed by atoms with E-state index in [-0.39, 0.29) is 0 Å². The summed E-state index contributed by atoms with van der Waals surface area (Å²) in [7, 11) is 0. The number of rotatable bonds is 8. The molecule has 0 aromatic carbocycles. The van der Waals surface area contributed by atoms with Crippen molar-refractivity contribution < 1.29 is 4.74 Å². The van der Waals surface area contributed by atoms with Crippen LogP contribution in [0.1, 0.15) is 71.1 Å². The Bertz CT molecular complexity index is 317. The zero-order valence-electron chi connectivity index (χ0n) is 14.6. The van der Waals surface area contributed by atoms with Gasteiger partial charge in [-0.05, 0) is 69.1 Å². The molecule has 0 spiro atoms. The second-order valence-corrected chi connectivity index (χ2v) is 7.60. The molecule has 2 aliphatic carbocycles. The summed E-state index contributed by atoms with van der Waals surface area (Å²) in [5.41, 5.74) is 0. The highest BCUT2D eigenvalue weighted by Crippen LogP contribution is 2.36. The summed E-state index contributed by atoms with van der Waals surface area (Å²) >= 11 is 0. The van der Waals surface area contributed by atoms with E-state index in [1.165, 1.54) is 64.2 Å². The first-order valence-electron chi connectivity index (χ1n) is 9.63. The van der Waals surface area contributed by atoms with Crippen LogP contribution in [0.4, 0.5) is 0 Å². The smallest absolute Gasteiger partial charge is 0.0644 e. The molecule has 0 unspecified atom stereocenters. The Morgan fingerprint density at radius 2 is 1.41 bits per heavy atom. The Hall–Kier alpha value is -0.560. The second-order valence-electron chi connectivity index (χ2n) is 7.60. The fourth-order valence-corrected chi connectivity index (χ4v) is 4.42. The molecule has 0 amide bonds. The van der Waals surface area contributed by atoms with Gasteiger partial charge in [-0.3, -0.25) is 0 Å². The number of hydrogen-bond donors (Lipinski definition) is 0. The molecule has 0 aromatic rings. The van der Waals surface area contributed by atoms with Crippen molar-refractivity contribution in [3.63, 3.8) is 0 Å². The lowest BCUT2D eigenvalue weighted by Gasteiger charge is -2.31. The van der Waals surface area contributed by atoms with Crippen molar-refractivity contribution in [3.05, 3.63) is 24.8 Å². The lowest BCUT2D eigenvalue weighted by Crippen LogP contribution is -2.20. The summed E-state index contributed by atoms with van der Waals surface area (Å²) in [6, 6.07) is 0. The molecular weight excluding hydrogens is 268 g/mol. The van der Waals surface area contributed by atoms with Crippen LogP contribution in [0.15, 0.2) is 24.8 Å². The van der Waals surface area contributed by atoms with Crippen molar-refractivity contribution in [1.82, 2.24) is 0 Å². The highest BCUT2D eigenvalue weighted by Gasteiger charge is 2.24. The SMILES string of the molecule is C=CCOCC1CCC(CCC2CCC(C=CC)CC2)CC1. The van der Waals surface area contributed by atoms with Crippen LogP contribution >= 0.6 is 0 Å². The van der Waals surface area contributed by atoms with Gasteiger partial charge in [0.1, 0.15) is 0 Å². The number of ether oxygens (including phenoxy) is 1. The van der Waals surface area contributed by atoms with E-state index < -0.39 is 0 Å². The average molecular weight is 305 g/mol. The molecule has 0 radical (unpaired) electrons. The summed E-state index contributed by atoms with van der Waals surface area (Å²) in [6.07, 6.45) is 21.0. The first-order chi connectivity index (χ1) is 10.8. The van der Waals surface area contributed by atoms with Gasteiger partial charge in [-0.25, -0.2) is 0 Å². The maximum Gasteiger partial charge on any atom is 0.0644 e. The summed E-state index contributed by atoms with van der Waals surface area (Å²) in [5.74, 6) is 3.72. The standard InChI is InChI=1S/C21H36O/c1-3-5-18-6-8-19(9-7-18)10-11-20-12-14-21(15-13-20)17-22-16-4-2/h3-5,18-21H,2,6-17H2,1H3. The van der Waals surface area contributed by atoms with Gasteiger partial charge < -0.3 is 4.74 Å². The third-order valence-corrected chi connectivity index (χ3v) is 5.89. The molecule has 126 valence electrons. The molecule has 1 nitrogen and oxygen atoms in total. The molecule has 0 saturated heterocycles. The quantitative estimate of drug-likeness (QED) is 0.385. The van der Waals surface area contributed by atoms with Crippen molar-refractivity contribution in [3.8, 4) is 0 Å². The van der Waals surface area contributed by atoms with Crippen molar-refractivity contribution in [1.29, 1.82) is 0 Å². The molecule has 22 heavy (non-hydrogen) atoms. The maximum absolute atomic E-state index is 5.62. The van der Waals surface area contributed by atoms with Crippen molar-refractivity contribution in [2.75, 3.05) is 13.2 Å². The predicted octanol–water partition coefficient (Wildman–Crippen LogP) is 6.16. The maximum atomic E-state index is 5.62. The number of allylic oxidation sites excluding steroid dienone is 2. The van der Waals surface area contributed by atoms with Crippen molar-refractivity contribution in [2.24, 2.45) is 23.7 Å². The third kappa shape index (κ3) is 6.28. The van der Waals surface area contributed by atoms with E-state index in [0.717, 1.165) is 36.9 Å². The fraction of sp³-hybridized carbons (Fsp3) is 0.810. The van der Waals surface area contributed by atoms with Crippen LogP contribution in [0.2, 0.25) is 0 Å². The summed E-state index contributed by atoms with van der Waals surface area (Å²) < 4.78 is 5.62. The van der Waals surface area contributed by atoms with Crippen LogP contribution in [0.25, 0.3) is 0 Å². The zero-order chi connectivity index (χ0) is 15.6. The number of hydrogen-bond acceptors (Lipinski definition) is 1. The molecular formula is C21H36O. The van der Waals surface area contributed by atoms with E-state index in [0.29, 0.717) is 0 Å². The minimum absolute atomic E-state index is 0.718. The van der Waals surface area contributed by atoms with Gasteiger partial charge in [0.25, 0.3) is 0 Å². The summed E-state index contributed by atoms with van der Waals surface area (Å²) in [5, 5.41) is 0.